The van der Waals surface area contributed by atoms with Crippen LogP contribution < -0.4 is 5.73 Å². The summed E-state index contributed by atoms with van der Waals surface area (Å²) in [5, 5.41) is 8.66. The number of ether oxygens (including phenoxy) is 1. The molecule has 0 saturated heterocycles. The zero-order chi connectivity index (χ0) is 14.2. The van der Waals surface area contributed by atoms with Crippen LogP contribution in [0.4, 0.5) is 13.2 Å². The van der Waals surface area contributed by atoms with Crippen molar-refractivity contribution in [1.29, 1.82) is 0 Å². The molecule has 0 aliphatic carbocycles. The highest BCUT2D eigenvalue weighted by molar-refractivity contribution is 5.81. The monoisotopic (exact) mass is 272 g/mol. The Morgan fingerprint density at radius 3 is 2.56 bits per heavy atom. The number of alkyl halides is 3. The third kappa shape index (κ3) is 7.46. The Morgan fingerprint density at radius 1 is 1.50 bits per heavy atom. The Labute approximate surface area is 104 Å². The van der Waals surface area contributed by atoms with E-state index in [9.17, 15) is 18.0 Å². The lowest BCUT2D eigenvalue weighted by molar-refractivity contribution is -0.162. The SMILES string of the molecule is COCCCC(N)C(=O)N(CCO)CC(F)(F)F. The fraction of sp³-hybridized carbons (Fsp3) is 0.900. The van der Waals surface area contributed by atoms with Crippen molar-refractivity contribution >= 4 is 5.91 Å². The maximum Gasteiger partial charge on any atom is 0.406 e. The molecule has 1 atom stereocenters. The molecule has 0 aromatic rings. The highest BCUT2D eigenvalue weighted by atomic mass is 19.4. The number of hydrogen-bond acceptors (Lipinski definition) is 4. The van der Waals surface area contributed by atoms with Gasteiger partial charge in [0, 0.05) is 20.3 Å². The zero-order valence-corrected chi connectivity index (χ0v) is 10.2. The number of halogens is 3. The van der Waals surface area contributed by atoms with E-state index < -0.39 is 31.3 Å². The second-order valence-corrected chi connectivity index (χ2v) is 3.84. The molecule has 1 amide bonds. The van der Waals surface area contributed by atoms with Gasteiger partial charge in [0.15, 0.2) is 0 Å². The third-order valence-electron chi connectivity index (χ3n) is 2.23. The Hall–Kier alpha value is -0.860. The molecule has 108 valence electrons. The molecule has 0 bridgehead atoms. The van der Waals surface area contributed by atoms with Gasteiger partial charge in [0.25, 0.3) is 0 Å². The van der Waals surface area contributed by atoms with Crippen LogP contribution in [0.2, 0.25) is 0 Å². The van der Waals surface area contributed by atoms with Gasteiger partial charge in [-0.05, 0) is 12.8 Å². The summed E-state index contributed by atoms with van der Waals surface area (Å²) in [6, 6.07) is -1.01. The van der Waals surface area contributed by atoms with Crippen molar-refractivity contribution in [3.05, 3.63) is 0 Å². The molecule has 0 saturated carbocycles. The molecule has 0 aromatic heterocycles. The van der Waals surface area contributed by atoms with Gasteiger partial charge in [-0.2, -0.15) is 13.2 Å². The van der Waals surface area contributed by atoms with Gasteiger partial charge < -0.3 is 20.5 Å². The van der Waals surface area contributed by atoms with Crippen LogP contribution in [0.3, 0.4) is 0 Å². The number of carbonyl (C=O) groups excluding carboxylic acids is 1. The van der Waals surface area contributed by atoms with Crippen LogP contribution in [0.1, 0.15) is 12.8 Å². The minimum absolute atomic E-state index is 0.243. The largest absolute Gasteiger partial charge is 0.406 e. The lowest BCUT2D eigenvalue weighted by Crippen LogP contribution is -2.48. The van der Waals surface area contributed by atoms with Gasteiger partial charge in [-0.25, -0.2) is 0 Å². The zero-order valence-electron chi connectivity index (χ0n) is 10.2. The molecular formula is C10H19F3N2O3. The van der Waals surface area contributed by atoms with Gasteiger partial charge in [-0.15, -0.1) is 0 Å². The van der Waals surface area contributed by atoms with Crippen molar-refractivity contribution < 1.29 is 27.8 Å². The molecule has 0 radical (unpaired) electrons. The second-order valence-electron chi connectivity index (χ2n) is 3.84. The van der Waals surface area contributed by atoms with Crippen molar-refractivity contribution in [2.45, 2.75) is 25.1 Å². The van der Waals surface area contributed by atoms with E-state index in [0.29, 0.717) is 17.9 Å². The second kappa shape index (κ2) is 8.28. The summed E-state index contributed by atoms with van der Waals surface area (Å²) in [4.78, 5) is 12.2. The highest BCUT2D eigenvalue weighted by Gasteiger charge is 2.34. The van der Waals surface area contributed by atoms with E-state index in [1.807, 2.05) is 0 Å². The van der Waals surface area contributed by atoms with Gasteiger partial charge in [-0.3, -0.25) is 4.79 Å². The Bertz CT molecular complexity index is 249. The average Bonchev–Trinajstić information content (AvgIpc) is 2.26. The predicted octanol–water partition coefficient (Wildman–Crippen LogP) is 0.124. The highest BCUT2D eigenvalue weighted by Crippen LogP contribution is 2.17. The van der Waals surface area contributed by atoms with Gasteiger partial charge in [0.05, 0.1) is 12.6 Å². The molecule has 0 aliphatic heterocycles. The molecule has 5 nitrogen and oxygen atoms in total. The number of nitrogens with two attached hydrogens (primary N) is 1. The van der Waals surface area contributed by atoms with E-state index >= 15 is 0 Å². The summed E-state index contributed by atoms with van der Waals surface area (Å²) in [6.45, 7) is -1.92. The Kier molecular flexibility index (Phi) is 7.88. The molecule has 0 aromatic carbocycles. The Morgan fingerprint density at radius 2 is 2.11 bits per heavy atom. The van der Waals surface area contributed by atoms with Crippen molar-refractivity contribution in [3.63, 3.8) is 0 Å². The molecule has 0 rings (SSSR count). The molecule has 8 heteroatoms. The lowest BCUT2D eigenvalue weighted by atomic mass is 10.1. The lowest BCUT2D eigenvalue weighted by Gasteiger charge is -2.25. The molecule has 18 heavy (non-hydrogen) atoms. The fourth-order valence-electron chi connectivity index (χ4n) is 1.41. The normalized spacial score (nSPS) is 13.4. The molecule has 3 N–H and O–H groups in total. The van der Waals surface area contributed by atoms with Crippen LogP contribution in [0, 0.1) is 0 Å². The number of methoxy groups -OCH3 is 1. The molecule has 0 fully saturated rings. The van der Waals surface area contributed by atoms with Gasteiger partial charge in [0.1, 0.15) is 6.54 Å². The minimum atomic E-state index is -4.50. The number of hydrogen-bond donors (Lipinski definition) is 2. The third-order valence-corrected chi connectivity index (χ3v) is 2.23. The van der Waals surface area contributed by atoms with Crippen molar-refractivity contribution in [2.75, 3.05) is 33.4 Å². The van der Waals surface area contributed by atoms with E-state index in [4.69, 9.17) is 15.6 Å². The molecule has 0 aliphatic rings. The van der Waals surface area contributed by atoms with Crippen LogP contribution in [-0.2, 0) is 9.53 Å². The first-order valence-electron chi connectivity index (χ1n) is 5.52. The molecule has 1 unspecified atom stereocenters. The molecule has 0 heterocycles. The van der Waals surface area contributed by atoms with Crippen LogP contribution in [0.25, 0.3) is 0 Å². The molecule has 0 spiro atoms. The summed E-state index contributed by atoms with van der Waals surface area (Å²) in [6.07, 6.45) is -3.77. The first-order valence-corrected chi connectivity index (χ1v) is 5.52. The fourth-order valence-corrected chi connectivity index (χ4v) is 1.41. The summed E-state index contributed by atoms with van der Waals surface area (Å²) in [5.41, 5.74) is 5.51. The summed E-state index contributed by atoms with van der Waals surface area (Å²) < 4.78 is 41.4. The van der Waals surface area contributed by atoms with E-state index in [0.717, 1.165) is 0 Å². The summed E-state index contributed by atoms with van der Waals surface area (Å²) >= 11 is 0. The number of rotatable bonds is 8. The number of nitrogens with zero attached hydrogens (tertiary/aromatic N) is 1. The van der Waals surface area contributed by atoms with E-state index in [-0.39, 0.29) is 13.0 Å². The first-order chi connectivity index (χ1) is 8.31. The first kappa shape index (κ1) is 17.1. The quantitative estimate of drug-likeness (QED) is 0.616. The van der Waals surface area contributed by atoms with E-state index in [1.165, 1.54) is 7.11 Å². The van der Waals surface area contributed by atoms with Crippen LogP contribution in [0.5, 0.6) is 0 Å². The van der Waals surface area contributed by atoms with Gasteiger partial charge in [-0.1, -0.05) is 0 Å². The number of aliphatic hydroxyl groups excluding tert-OH is 1. The average molecular weight is 272 g/mol. The van der Waals surface area contributed by atoms with Crippen LogP contribution in [-0.4, -0.2) is 61.5 Å². The van der Waals surface area contributed by atoms with E-state index in [2.05, 4.69) is 0 Å². The van der Waals surface area contributed by atoms with E-state index in [1.54, 1.807) is 0 Å². The maximum absolute atomic E-state index is 12.2. The van der Waals surface area contributed by atoms with Crippen LogP contribution in [0.15, 0.2) is 0 Å². The summed E-state index contributed by atoms with van der Waals surface area (Å²) in [5.74, 6) is -0.808. The van der Waals surface area contributed by atoms with Crippen LogP contribution >= 0.6 is 0 Å². The minimum Gasteiger partial charge on any atom is -0.395 e. The molecular weight excluding hydrogens is 253 g/mol. The van der Waals surface area contributed by atoms with Crippen molar-refractivity contribution in [1.82, 2.24) is 4.90 Å². The van der Waals surface area contributed by atoms with Gasteiger partial charge in [0.2, 0.25) is 5.91 Å². The standard InChI is InChI=1S/C10H19F3N2O3/c1-18-6-2-3-8(14)9(17)15(4-5-16)7-10(11,12)13/h8,16H,2-7,14H2,1H3. The van der Waals surface area contributed by atoms with Crippen molar-refractivity contribution in [2.24, 2.45) is 5.73 Å². The number of amides is 1. The number of aliphatic hydroxyl groups is 1. The van der Waals surface area contributed by atoms with Gasteiger partial charge >= 0.3 is 6.18 Å². The number of carbonyl (C=O) groups is 1. The Balaban J connectivity index is 4.36. The summed E-state index contributed by atoms with van der Waals surface area (Å²) in [7, 11) is 1.48. The van der Waals surface area contributed by atoms with Crippen molar-refractivity contribution in [3.8, 4) is 0 Å². The maximum atomic E-state index is 12.2. The predicted molar refractivity (Wildman–Crippen MR) is 58.8 cm³/mol. The topological polar surface area (TPSA) is 75.8 Å². The smallest absolute Gasteiger partial charge is 0.395 e.